The van der Waals surface area contributed by atoms with Crippen molar-refractivity contribution in [2.45, 2.75) is 58.1 Å². The SMILES string of the molecule is CC(=O)CCC(=O)OC1C[C@H](n2cc(C)c(=O)[nH]c2=O)C[C@@H]1COP(=O)(O)OCCC#N. The van der Waals surface area contributed by atoms with Crippen molar-refractivity contribution in [3.8, 4) is 6.07 Å². The average molecular weight is 471 g/mol. The second kappa shape index (κ2) is 11.3. The second-order valence-corrected chi connectivity index (χ2v) is 9.05. The molecule has 0 aromatic carbocycles. The standard InChI is InChI=1S/C19H26N3O9P/c1-12-10-22(19(26)21-18(12)25)15-8-14(11-30-32(27,28)29-7-3-6-20)16(9-15)31-17(24)5-4-13(2)23/h10,14-16H,3-5,7-9,11H2,1-2H3,(H,27,28)(H,21,25,26)/t14-,15-,16?/m1/s1. The fourth-order valence-electron chi connectivity index (χ4n) is 3.40. The molecule has 0 spiro atoms. The number of nitriles is 1. The summed E-state index contributed by atoms with van der Waals surface area (Å²) in [5, 5.41) is 8.50. The summed E-state index contributed by atoms with van der Waals surface area (Å²) in [6, 6.07) is 1.31. The van der Waals surface area contributed by atoms with E-state index >= 15 is 0 Å². The van der Waals surface area contributed by atoms with E-state index in [0.717, 1.165) is 0 Å². The maximum atomic E-state index is 12.3. The summed E-state index contributed by atoms with van der Waals surface area (Å²) in [5.74, 6) is -1.34. The lowest BCUT2D eigenvalue weighted by Crippen LogP contribution is -2.32. The Labute approximate surface area is 183 Å². The lowest BCUT2D eigenvalue weighted by molar-refractivity contribution is -0.152. The largest absolute Gasteiger partial charge is 0.472 e. The van der Waals surface area contributed by atoms with Crippen LogP contribution in [0.5, 0.6) is 0 Å². The van der Waals surface area contributed by atoms with Crippen LogP contribution in [0, 0.1) is 24.2 Å². The number of ketones is 1. The number of ether oxygens (including phenoxy) is 1. The number of carbonyl (C=O) groups is 2. The minimum absolute atomic E-state index is 0.0211. The third kappa shape index (κ3) is 7.53. The van der Waals surface area contributed by atoms with Crippen molar-refractivity contribution in [2.24, 2.45) is 5.92 Å². The first-order chi connectivity index (χ1) is 15.0. The predicted octanol–water partition coefficient (Wildman–Crippen LogP) is 1.12. The number of aryl methyl sites for hydroxylation is 1. The minimum atomic E-state index is -4.43. The van der Waals surface area contributed by atoms with Crippen LogP contribution in [-0.2, 0) is 27.9 Å². The molecule has 1 heterocycles. The van der Waals surface area contributed by atoms with Gasteiger partial charge in [0.05, 0.1) is 32.1 Å². The van der Waals surface area contributed by atoms with E-state index in [9.17, 15) is 28.6 Å². The van der Waals surface area contributed by atoms with Crippen LogP contribution in [0.25, 0.3) is 0 Å². The lowest BCUT2D eigenvalue weighted by atomic mass is 10.1. The Kier molecular flexibility index (Phi) is 9.09. The van der Waals surface area contributed by atoms with Crippen LogP contribution in [0.4, 0.5) is 0 Å². The number of hydrogen-bond donors (Lipinski definition) is 2. The fraction of sp³-hybridized carbons (Fsp3) is 0.632. The minimum Gasteiger partial charge on any atom is -0.462 e. The third-order valence-corrected chi connectivity index (χ3v) is 6.01. The van der Waals surface area contributed by atoms with Gasteiger partial charge in [0, 0.05) is 36.6 Å². The van der Waals surface area contributed by atoms with E-state index in [4.69, 9.17) is 19.0 Å². The number of aromatic amines is 1. The molecular weight excluding hydrogens is 445 g/mol. The van der Waals surface area contributed by atoms with Gasteiger partial charge in [-0.05, 0) is 20.3 Å². The van der Waals surface area contributed by atoms with Crippen molar-refractivity contribution in [2.75, 3.05) is 13.2 Å². The highest BCUT2D eigenvalue weighted by atomic mass is 31.2. The number of nitrogens with one attached hydrogen (secondary N) is 1. The topological polar surface area (TPSA) is 178 Å². The normalized spacial score (nSPS) is 22.1. The number of hydrogen-bond acceptors (Lipinski definition) is 9. The van der Waals surface area contributed by atoms with Gasteiger partial charge in [0.1, 0.15) is 11.9 Å². The zero-order valence-electron chi connectivity index (χ0n) is 17.8. The third-order valence-electron chi connectivity index (χ3n) is 5.03. The Morgan fingerprint density at radius 1 is 1.31 bits per heavy atom. The number of Topliss-reactive ketones (excluding diaryl/α,β-unsaturated/α-hetero) is 1. The molecule has 4 atom stereocenters. The van der Waals surface area contributed by atoms with Gasteiger partial charge < -0.3 is 14.4 Å². The molecule has 176 valence electrons. The number of phosphoric ester groups is 1. The number of H-pyrrole nitrogens is 1. The number of phosphoric acid groups is 1. The van der Waals surface area contributed by atoms with E-state index < -0.39 is 43.1 Å². The zero-order valence-corrected chi connectivity index (χ0v) is 18.7. The summed E-state index contributed by atoms with van der Waals surface area (Å²) in [4.78, 5) is 59.2. The van der Waals surface area contributed by atoms with E-state index in [0.29, 0.717) is 5.56 Å². The van der Waals surface area contributed by atoms with Crippen LogP contribution < -0.4 is 11.2 Å². The molecule has 1 saturated carbocycles. The second-order valence-electron chi connectivity index (χ2n) is 7.60. The van der Waals surface area contributed by atoms with Gasteiger partial charge in [0.25, 0.3) is 5.56 Å². The molecule has 0 saturated heterocycles. The van der Waals surface area contributed by atoms with Crippen molar-refractivity contribution in [3.63, 3.8) is 0 Å². The summed E-state index contributed by atoms with van der Waals surface area (Å²) in [5.41, 5.74) is -0.807. The average Bonchev–Trinajstić information content (AvgIpc) is 3.10. The molecule has 1 fully saturated rings. The van der Waals surface area contributed by atoms with Gasteiger partial charge in [-0.25, -0.2) is 9.36 Å². The lowest BCUT2D eigenvalue weighted by Gasteiger charge is -2.21. The Morgan fingerprint density at radius 3 is 2.69 bits per heavy atom. The smallest absolute Gasteiger partial charge is 0.462 e. The van der Waals surface area contributed by atoms with Crippen molar-refractivity contribution in [3.05, 3.63) is 32.6 Å². The molecular formula is C19H26N3O9P. The number of carbonyl (C=O) groups excluding carboxylic acids is 2. The maximum absolute atomic E-state index is 12.3. The molecule has 1 aliphatic carbocycles. The summed E-state index contributed by atoms with van der Waals surface area (Å²) >= 11 is 0. The molecule has 2 N–H and O–H groups in total. The highest BCUT2D eigenvalue weighted by Gasteiger charge is 2.40. The van der Waals surface area contributed by atoms with Crippen LogP contribution in [0.1, 0.15) is 50.6 Å². The van der Waals surface area contributed by atoms with Gasteiger partial charge in [0.2, 0.25) is 0 Å². The summed E-state index contributed by atoms with van der Waals surface area (Å²) in [6.45, 7) is 2.31. The number of aromatic nitrogens is 2. The fourth-order valence-corrected chi connectivity index (χ4v) is 4.18. The van der Waals surface area contributed by atoms with Gasteiger partial charge >= 0.3 is 19.5 Å². The van der Waals surface area contributed by atoms with Gasteiger partial charge in [0.15, 0.2) is 0 Å². The molecule has 0 amide bonds. The molecule has 1 aromatic heterocycles. The molecule has 2 unspecified atom stereocenters. The highest BCUT2D eigenvalue weighted by Crippen LogP contribution is 2.46. The Hall–Kier alpha value is -2.58. The first-order valence-corrected chi connectivity index (χ1v) is 11.5. The first-order valence-electron chi connectivity index (χ1n) is 10.0. The van der Waals surface area contributed by atoms with E-state index in [1.165, 1.54) is 17.7 Å². The van der Waals surface area contributed by atoms with Crippen molar-refractivity contribution in [1.29, 1.82) is 5.26 Å². The van der Waals surface area contributed by atoms with Crippen molar-refractivity contribution >= 4 is 19.6 Å². The molecule has 1 aliphatic rings. The molecule has 12 nitrogen and oxygen atoms in total. The van der Waals surface area contributed by atoms with Crippen molar-refractivity contribution in [1.82, 2.24) is 9.55 Å². The molecule has 13 heteroatoms. The predicted molar refractivity (Wildman–Crippen MR) is 110 cm³/mol. The number of esters is 1. The van der Waals surface area contributed by atoms with Crippen LogP contribution in [0.3, 0.4) is 0 Å². The summed E-state index contributed by atoms with van der Waals surface area (Å²) in [7, 11) is -4.43. The number of rotatable bonds is 11. The van der Waals surface area contributed by atoms with Crippen LogP contribution >= 0.6 is 7.82 Å². The first kappa shape index (κ1) is 25.7. The highest BCUT2D eigenvalue weighted by molar-refractivity contribution is 7.47. The molecule has 0 radical (unpaired) electrons. The monoisotopic (exact) mass is 471 g/mol. The van der Waals surface area contributed by atoms with Gasteiger partial charge in [-0.2, -0.15) is 5.26 Å². The Balaban J connectivity index is 2.15. The zero-order chi connectivity index (χ0) is 23.9. The number of nitrogens with zero attached hydrogens (tertiary/aromatic N) is 2. The molecule has 2 rings (SSSR count). The molecule has 1 aromatic rings. The maximum Gasteiger partial charge on any atom is 0.472 e. The summed E-state index contributed by atoms with van der Waals surface area (Å²) in [6.07, 6.45) is 0.934. The van der Waals surface area contributed by atoms with Gasteiger partial charge in [-0.3, -0.25) is 28.2 Å². The summed E-state index contributed by atoms with van der Waals surface area (Å²) < 4.78 is 28.5. The van der Waals surface area contributed by atoms with Crippen LogP contribution in [0.2, 0.25) is 0 Å². The van der Waals surface area contributed by atoms with Gasteiger partial charge in [-0.15, -0.1) is 0 Å². The quantitative estimate of drug-likeness (QED) is 0.270. The van der Waals surface area contributed by atoms with Gasteiger partial charge in [-0.1, -0.05) is 0 Å². The van der Waals surface area contributed by atoms with E-state index in [2.05, 4.69) is 4.98 Å². The van der Waals surface area contributed by atoms with Crippen LogP contribution in [-0.4, -0.2) is 45.5 Å². The van der Waals surface area contributed by atoms with E-state index in [-0.39, 0.29) is 51.1 Å². The Bertz CT molecular complexity index is 1040. The Morgan fingerprint density at radius 2 is 2.03 bits per heavy atom. The molecule has 0 bridgehead atoms. The molecule has 0 aliphatic heterocycles. The van der Waals surface area contributed by atoms with E-state index in [1.54, 1.807) is 13.0 Å². The van der Waals surface area contributed by atoms with E-state index in [1.807, 2.05) is 0 Å². The van der Waals surface area contributed by atoms with Crippen LogP contribution in [0.15, 0.2) is 15.8 Å². The van der Waals surface area contributed by atoms with Crippen molar-refractivity contribution < 1.29 is 32.8 Å². The molecule has 32 heavy (non-hydrogen) atoms.